The third kappa shape index (κ3) is 5.60. The van der Waals surface area contributed by atoms with Crippen molar-refractivity contribution in [3.63, 3.8) is 0 Å². The minimum absolute atomic E-state index is 0.0560. The summed E-state index contributed by atoms with van der Waals surface area (Å²) in [6.45, 7) is 7.71. The van der Waals surface area contributed by atoms with Gasteiger partial charge in [0, 0.05) is 37.6 Å². The summed E-state index contributed by atoms with van der Waals surface area (Å²) in [5.41, 5.74) is 6.67. The Kier molecular flexibility index (Phi) is 6.94. The van der Waals surface area contributed by atoms with Crippen LogP contribution >= 0.6 is 0 Å². The zero-order valence-corrected chi connectivity index (χ0v) is 20.5. The van der Waals surface area contributed by atoms with Crippen LogP contribution in [0.5, 0.6) is 5.75 Å². The highest BCUT2D eigenvalue weighted by molar-refractivity contribution is 5.89. The van der Waals surface area contributed by atoms with Crippen molar-refractivity contribution < 1.29 is 14.4 Å². The third-order valence-electron chi connectivity index (χ3n) is 6.47. The molecule has 4 rings (SSSR count). The Morgan fingerprint density at radius 1 is 1.09 bits per heavy atom. The number of benzene rings is 2. The number of nitrogens with zero attached hydrogens (tertiary/aromatic N) is 1. The molecule has 34 heavy (non-hydrogen) atoms. The minimum atomic E-state index is -0.390. The Bertz CT molecular complexity index is 1100. The molecular weight excluding hydrogens is 424 g/mol. The van der Waals surface area contributed by atoms with E-state index in [4.69, 9.17) is 9.57 Å². The Morgan fingerprint density at radius 2 is 1.82 bits per heavy atom. The van der Waals surface area contributed by atoms with Crippen LogP contribution < -0.4 is 10.2 Å². The topological polar surface area (TPSA) is 50.8 Å². The molecule has 1 saturated heterocycles. The van der Waals surface area contributed by atoms with E-state index in [1.807, 2.05) is 47.4 Å². The molecule has 2 aliphatic heterocycles. The molecule has 1 N–H and O–H groups in total. The zero-order valence-electron chi connectivity index (χ0n) is 20.5. The van der Waals surface area contributed by atoms with Crippen LogP contribution in [-0.2, 0) is 9.63 Å². The Hall–Kier alpha value is -3.31. The van der Waals surface area contributed by atoms with Crippen LogP contribution in [0.3, 0.4) is 0 Å². The summed E-state index contributed by atoms with van der Waals surface area (Å²) in [4.78, 5) is 21.1. The van der Waals surface area contributed by atoms with Gasteiger partial charge in [-0.3, -0.25) is 15.1 Å². The summed E-state index contributed by atoms with van der Waals surface area (Å²) in [5.74, 6) is 0.866. The molecule has 1 spiro atoms. The fourth-order valence-electron chi connectivity index (χ4n) is 4.25. The van der Waals surface area contributed by atoms with Gasteiger partial charge in [0.25, 0.3) is 0 Å². The van der Waals surface area contributed by atoms with Crippen molar-refractivity contribution in [2.45, 2.75) is 39.2 Å². The van der Waals surface area contributed by atoms with Crippen molar-refractivity contribution in [3.8, 4) is 5.75 Å². The van der Waals surface area contributed by atoms with Crippen molar-refractivity contribution in [3.05, 3.63) is 89.5 Å². The van der Waals surface area contributed by atoms with E-state index in [1.165, 1.54) is 0 Å². The van der Waals surface area contributed by atoms with Gasteiger partial charge in [0.1, 0.15) is 11.4 Å². The maximum atomic E-state index is 13.2. The summed E-state index contributed by atoms with van der Waals surface area (Å²) in [5, 5.41) is 0. The van der Waals surface area contributed by atoms with Gasteiger partial charge in [0.05, 0.1) is 12.8 Å². The smallest absolute Gasteiger partial charge is 0.246 e. The molecule has 2 aromatic carbocycles. The first-order valence-electron chi connectivity index (χ1n) is 11.8. The number of carbonyl (C=O) groups excluding carboxylic acids is 1. The molecule has 0 saturated carbocycles. The summed E-state index contributed by atoms with van der Waals surface area (Å²) in [6.07, 6.45) is 9.57. The quantitative estimate of drug-likeness (QED) is 0.467. The first-order valence-corrected chi connectivity index (χ1v) is 11.8. The van der Waals surface area contributed by atoms with E-state index >= 15 is 0 Å². The van der Waals surface area contributed by atoms with Crippen LogP contribution in [-0.4, -0.2) is 36.6 Å². The van der Waals surface area contributed by atoms with Gasteiger partial charge < -0.3 is 9.64 Å². The molecule has 0 unspecified atom stereocenters. The van der Waals surface area contributed by atoms with E-state index in [-0.39, 0.29) is 16.9 Å². The monoisotopic (exact) mass is 458 g/mol. The number of amides is 1. The van der Waals surface area contributed by atoms with Crippen molar-refractivity contribution in [2.24, 2.45) is 5.41 Å². The largest absolute Gasteiger partial charge is 0.497 e. The molecule has 5 nitrogen and oxygen atoms in total. The van der Waals surface area contributed by atoms with E-state index in [1.54, 1.807) is 13.2 Å². The fraction of sp³-hybridized carbons (Fsp3) is 0.345. The summed E-state index contributed by atoms with van der Waals surface area (Å²) in [7, 11) is 1.66. The molecule has 2 heterocycles. The predicted molar refractivity (Wildman–Crippen MR) is 137 cm³/mol. The van der Waals surface area contributed by atoms with Crippen LogP contribution in [0.2, 0.25) is 0 Å². The van der Waals surface area contributed by atoms with Crippen molar-refractivity contribution in [1.82, 2.24) is 10.4 Å². The lowest BCUT2D eigenvalue weighted by Crippen LogP contribution is -2.46. The van der Waals surface area contributed by atoms with Crippen LogP contribution in [0.15, 0.2) is 78.4 Å². The molecule has 2 aliphatic rings. The van der Waals surface area contributed by atoms with Gasteiger partial charge in [-0.2, -0.15) is 0 Å². The number of nitrogens with one attached hydrogen (secondary N) is 1. The van der Waals surface area contributed by atoms with Gasteiger partial charge in [-0.15, -0.1) is 0 Å². The van der Waals surface area contributed by atoms with Gasteiger partial charge >= 0.3 is 0 Å². The first kappa shape index (κ1) is 23.8. The summed E-state index contributed by atoms with van der Waals surface area (Å²) < 4.78 is 5.34. The molecule has 0 aliphatic carbocycles. The number of hydroxylamine groups is 1. The number of allylic oxidation sites excluding steroid dienone is 2. The van der Waals surface area contributed by atoms with E-state index in [0.29, 0.717) is 13.1 Å². The number of hydrogen-bond acceptors (Lipinski definition) is 4. The number of piperidine rings is 1. The highest BCUT2D eigenvalue weighted by Crippen LogP contribution is 2.35. The number of methoxy groups -OCH3 is 1. The van der Waals surface area contributed by atoms with Crippen molar-refractivity contribution in [1.29, 1.82) is 0 Å². The average molecular weight is 459 g/mol. The normalized spacial score (nSPS) is 18.2. The summed E-state index contributed by atoms with van der Waals surface area (Å²) >= 11 is 0. The van der Waals surface area contributed by atoms with Gasteiger partial charge in [-0.1, -0.05) is 75.4 Å². The second-order valence-electron chi connectivity index (χ2n) is 9.98. The van der Waals surface area contributed by atoms with Gasteiger partial charge in [0.15, 0.2) is 0 Å². The number of ether oxygens (including phenoxy) is 1. The Balaban J connectivity index is 1.43. The molecule has 1 fully saturated rings. The third-order valence-corrected chi connectivity index (χ3v) is 6.47. The molecular formula is C29H34N2O3. The zero-order chi connectivity index (χ0) is 24.2. The SMILES string of the molecule is COc1cccc(C2=CC3(CCN(C(=O)C=C(C=Cc4ccccc4)C(C)(C)C)CC3)ON2)c1. The first-order chi connectivity index (χ1) is 16.3. The molecule has 0 aromatic heterocycles. The molecule has 0 atom stereocenters. The number of hydrogen-bond donors (Lipinski definition) is 1. The summed E-state index contributed by atoms with van der Waals surface area (Å²) in [6, 6.07) is 18.1. The van der Waals surface area contributed by atoms with E-state index < -0.39 is 0 Å². The number of rotatable bonds is 5. The average Bonchev–Trinajstić information content (AvgIpc) is 3.25. The van der Waals surface area contributed by atoms with Crippen LogP contribution in [0.1, 0.15) is 44.7 Å². The van der Waals surface area contributed by atoms with Crippen molar-refractivity contribution >= 4 is 17.7 Å². The van der Waals surface area contributed by atoms with E-state index in [2.05, 4.69) is 56.6 Å². The molecule has 178 valence electrons. The Morgan fingerprint density at radius 3 is 2.50 bits per heavy atom. The fourth-order valence-corrected chi connectivity index (χ4v) is 4.25. The van der Waals surface area contributed by atoms with E-state index in [9.17, 15) is 4.79 Å². The molecule has 5 heteroatoms. The van der Waals surface area contributed by atoms with Gasteiger partial charge in [0.2, 0.25) is 5.91 Å². The molecule has 1 amide bonds. The van der Waals surface area contributed by atoms with Crippen LogP contribution in [0.4, 0.5) is 0 Å². The van der Waals surface area contributed by atoms with Crippen molar-refractivity contribution in [2.75, 3.05) is 20.2 Å². The second kappa shape index (κ2) is 9.90. The predicted octanol–water partition coefficient (Wildman–Crippen LogP) is 5.62. The highest BCUT2D eigenvalue weighted by Gasteiger charge is 2.39. The minimum Gasteiger partial charge on any atom is -0.497 e. The molecule has 0 bridgehead atoms. The second-order valence-corrected chi connectivity index (χ2v) is 9.98. The maximum absolute atomic E-state index is 13.2. The van der Waals surface area contributed by atoms with E-state index in [0.717, 1.165) is 41.0 Å². The molecule has 0 radical (unpaired) electrons. The maximum Gasteiger partial charge on any atom is 0.246 e. The number of likely N-dealkylation sites (tertiary alicyclic amines) is 1. The highest BCUT2D eigenvalue weighted by atomic mass is 16.7. The Labute approximate surface area is 202 Å². The number of carbonyl (C=O) groups is 1. The van der Waals surface area contributed by atoms with Crippen LogP contribution in [0, 0.1) is 5.41 Å². The molecule has 2 aromatic rings. The standard InChI is InChI=1S/C29H34N2O3/c1-28(2,3)24(14-13-22-9-6-5-7-10-22)20-27(32)31-17-15-29(16-18-31)21-26(30-34-29)23-11-8-12-25(19-23)33-4/h5-14,19-21,30H,15-18H2,1-4H3. The van der Waals surface area contributed by atoms with Gasteiger partial charge in [-0.05, 0) is 34.8 Å². The lowest BCUT2D eigenvalue weighted by Gasteiger charge is -2.36. The lowest BCUT2D eigenvalue weighted by atomic mass is 9.85. The lowest BCUT2D eigenvalue weighted by molar-refractivity contribution is -0.131. The van der Waals surface area contributed by atoms with Gasteiger partial charge in [-0.25, -0.2) is 0 Å². The van der Waals surface area contributed by atoms with Crippen LogP contribution in [0.25, 0.3) is 11.8 Å².